The molecular formula is C21H26N4S. The van der Waals surface area contributed by atoms with E-state index in [1.807, 2.05) is 17.6 Å². The molecule has 1 aliphatic carbocycles. The number of hydrogen-bond donors (Lipinski definition) is 0. The van der Waals surface area contributed by atoms with Gasteiger partial charge in [-0.3, -0.25) is 4.90 Å². The Kier molecular flexibility index (Phi) is 5.46. The SMILES string of the molecule is CN(CC1=CN(c2cccc(-c3nccs3)n2)CC=C1)C1CCCCC1. The lowest BCUT2D eigenvalue weighted by Gasteiger charge is -2.32. The Morgan fingerprint density at radius 1 is 1.23 bits per heavy atom. The van der Waals surface area contributed by atoms with Crippen LogP contribution in [0.2, 0.25) is 0 Å². The van der Waals surface area contributed by atoms with Crippen LogP contribution in [0.5, 0.6) is 0 Å². The third kappa shape index (κ3) is 4.05. The zero-order valence-electron chi connectivity index (χ0n) is 15.3. The van der Waals surface area contributed by atoms with E-state index in [4.69, 9.17) is 4.98 Å². The van der Waals surface area contributed by atoms with Crippen LogP contribution >= 0.6 is 11.3 Å². The summed E-state index contributed by atoms with van der Waals surface area (Å²) in [5, 5.41) is 2.97. The molecule has 26 heavy (non-hydrogen) atoms. The number of rotatable bonds is 5. The minimum Gasteiger partial charge on any atom is -0.329 e. The van der Waals surface area contributed by atoms with Crippen LogP contribution in [0.1, 0.15) is 32.1 Å². The molecular weight excluding hydrogens is 340 g/mol. The van der Waals surface area contributed by atoms with E-state index in [9.17, 15) is 0 Å². The molecule has 4 rings (SSSR count). The van der Waals surface area contributed by atoms with E-state index in [1.165, 1.54) is 37.7 Å². The smallest absolute Gasteiger partial charge is 0.141 e. The summed E-state index contributed by atoms with van der Waals surface area (Å²) in [4.78, 5) is 14.0. The quantitative estimate of drug-likeness (QED) is 0.766. The molecule has 1 aliphatic heterocycles. The third-order valence-electron chi connectivity index (χ3n) is 5.27. The van der Waals surface area contributed by atoms with E-state index < -0.39 is 0 Å². The van der Waals surface area contributed by atoms with Crippen molar-refractivity contribution in [2.45, 2.75) is 38.1 Å². The monoisotopic (exact) mass is 366 g/mol. The minimum absolute atomic E-state index is 0.736. The third-order valence-corrected chi connectivity index (χ3v) is 6.06. The van der Waals surface area contributed by atoms with Gasteiger partial charge in [0.05, 0.1) is 0 Å². The molecule has 0 radical (unpaired) electrons. The van der Waals surface area contributed by atoms with Gasteiger partial charge in [-0.15, -0.1) is 11.3 Å². The Morgan fingerprint density at radius 2 is 2.12 bits per heavy atom. The number of nitrogens with zero attached hydrogens (tertiary/aromatic N) is 4. The lowest BCUT2D eigenvalue weighted by atomic mass is 9.94. The lowest BCUT2D eigenvalue weighted by molar-refractivity contribution is 0.206. The summed E-state index contributed by atoms with van der Waals surface area (Å²) in [6.45, 7) is 1.87. The number of pyridine rings is 1. The highest BCUT2D eigenvalue weighted by Gasteiger charge is 2.19. The molecule has 0 amide bonds. The van der Waals surface area contributed by atoms with Crippen LogP contribution < -0.4 is 4.90 Å². The number of anilines is 1. The zero-order chi connectivity index (χ0) is 17.8. The normalized spacial score (nSPS) is 18.4. The predicted molar refractivity (Wildman–Crippen MR) is 109 cm³/mol. The molecule has 0 saturated heterocycles. The van der Waals surface area contributed by atoms with Gasteiger partial charge in [0.2, 0.25) is 0 Å². The lowest BCUT2D eigenvalue weighted by Crippen LogP contribution is -2.35. The van der Waals surface area contributed by atoms with Gasteiger partial charge in [-0.05, 0) is 37.6 Å². The fourth-order valence-electron chi connectivity index (χ4n) is 3.86. The summed E-state index contributed by atoms with van der Waals surface area (Å²) in [6.07, 6.45) is 15.4. The summed E-state index contributed by atoms with van der Waals surface area (Å²) in [5.41, 5.74) is 2.30. The van der Waals surface area contributed by atoms with Crippen LogP contribution in [0.25, 0.3) is 10.7 Å². The molecule has 2 aromatic heterocycles. The molecule has 136 valence electrons. The molecule has 5 heteroatoms. The van der Waals surface area contributed by atoms with Gasteiger partial charge in [-0.1, -0.05) is 37.5 Å². The standard InChI is InChI=1S/C21H26N4S/c1-24(18-8-3-2-4-9-18)15-17-7-6-13-25(16-17)20-11-5-10-19(23-20)21-22-12-14-26-21/h5-7,10-12,14,16,18H,2-4,8-9,13,15H2,1H3. The molecule has 1 fully saturated rings. The maximum Gasteiger partial charge on any atom is 0.141 e. The predicted octanol–water partition coefficient (Wildman–Crippen LogP) is 4.73. The van der Waals surface area contributed by atoms with Gasteiger partial charge in [-0.25, -0.2) is 9.97 Å². The van der Waals surface area contributed by atoms with Crippen molar-refractivity contribution in [1.29, 1.82) is 0 Å². The first kappa shape index (κ1) is 17.4. The van der Waals surface area contributed by atoms with Crippen molar-refractivity contribution in [3.05, 3.63) is 53.7 Å². The molecule has 0 bridgehead atoms. The average Bonchev–Trinajstić information content (AvgIpc) is 3.24. The Labute approximate surface area is 159 Å². The maximum atomic E-state index is 4.82. The summed E-state index contributed by atoms with van der Waals surface area (Å²) in [6, 6.07) is 6.91. The molecule has 4 nitrogen and oxygen atoms in total. The zero-order valence-corrected chi connectivity index (χ0v) is 16.2. The van der Waals surface area contributed by atoms with E-state index in [-0.39, 0.29) is 0 Å². The fourth-order valence-corrected chi connectivity index (χ4v) is 4.46. The average molecular weight is 367 g/mol. The number of thiazole rings is 1. The van der Waals surface area contributed by atoms with Crippen LogP contribution in [0.4, 0.5) is 5.82 Å². The van der Waals surface area contributed by atoms with E-state index >= 15 is 0 Å². The molecule has 0 aromatic carbocycles. The van der Waals surface area contributed by atoms with Gasteiger partial charge < -0.3 is 4.90 Å². The molecule has 0 N–H and O–H groups in total. The summed E-state index contributed by atoms with van der Waals surface area (Å²) < 4.78 is 0. The highest BCUT2D eigenvalue weighted by atomic mass is 32.1. The van der Waals surface area contributed by atoms with Crippen LogP contribution in [0.15, 0.2) is 53.7 Å². The van der Waals surface area contributed by atoms with Gasteiger partial charge in [0.1, 0.15) is 16.5 Å². The summed E-state index contributed by atoms with van der Waals surface area (Å²) in [7, 11) is 2.27. The van der Waals surface area contributed by atoms with Crippen molar-refractivity contribution in [3.63, 3.8) is 0 Å². The van der Waals surface area contributed by atoms with Crippen LogP contribution in [0.3, 0.4) is 0 Å². The molecule has 0 spiro atoms. The number of aromatic nitrogens is 2. The van der Waals surface area contributed by atoms with Crippen LogP contribution in [-0.2, 0) is 0 Å². The summed E-state index contributed by atoms with van der Waals surface area (Å²) in [5.74, 6) is 0.986. The maximum absolute atomic E-state index is 4.82. The van der Waals surface area contributed by atoms with Crippen LogP contribution in [0, 0.1) is 0 Å². The van der Waals surface area contributed by atoms with Gasteiger partial charge in [-0.2, -0.15) is 0 Å². The molecule has 0 unspecified atom stereocenters. The van der Waals surface area contributed by atoms with Crippen molar-refractivity contribution in [2.24, 2.45) is 0 Å². The molecule has 0 atom stereocenters. The minimum atomic E-state index is 0.736. The fraction of sp³-hybridized carbons (Fsp3) is 0.429. The number of likely N-dealkylation sites (N-methyl/N-ethyl adjacent to an activating group) is 1. The Balaban J connectivity index is 1.47. The molecule has 1 saturated carbocycles. The Bertz CT molecular complexity index is 775. The second-order valence-corrected chi connectivity index (χ2v) is 8.08. The van der Waals surface area contributed by atoms with Crippen molar-refractivity contribution in [1.82, 2.24) is 14.9 Å². The first-order valence-corrected chi connectivity index (χ1v) is 10.4. The van der Waals surface area contributed by atoms with E-state index in [0.717, 1.165) is 35.7 Å². The van der Waals surface area contributed by atoms with Crippen LogP contribution in [-0.4, -0.2) is 41.0 Å². The Morgan fingerprint density at radius 3 is 2.92 bits per heavy atom. The number of hydrogen-bond acceptors (Lipinski definition) is 5. The molecule has 3 heterocycles. The summed E-state index contributed by atoms with van der Waals surface area (Å²) >= 11 is 1.63. The molecule has 2 aromatic rings. The first-order chi connectivity index (χ1) is 12.8. The topological polar surface area (TPSA) is 32.3 Å². The van der Waals surface area contributed by atoms with Crippen molar-refractivity contribution < 1.29 is 0 Å². The Hall–Kier alpha value is -1.98. The second kappa shape index (κ2) is 8.14. The van der Waals surface area contributed by atoms with E-state index in [0.29, 0.717) is 0 Å². The first-order valence-electron chi connectivity index (χ1n) is 9.50. The largest absolute Gasteiger partial charge is 0.329 e. The highest BCUT2D eigenvalue weighted by Crippen LogP contribution is 2.25. The van der Waals surface area contributed by atoms with E-state index in [2.05, 4.69) is 52.3 Å². The van der Waals surface area contributed by atoms with Gasteiger partial charge in [0, 0.05) is 36.9 Å². The van der Waals surface area contributed by atoms with Crippen molar-refractivity contribution >= 4 is 17.2 Å². The van der Waals surface area contributed by atoms with Gasteiger partial charge in [0.15, 0.2) is 0 Å². The van der Waals surface area contributed by atoms with Gasteiger partial charge in [0.25, 0.3) is 0 Å². The van der Waals surface area contributed by atoms with Crippen molar-refractivity contribution in [3.8, 4) is 10.7 Å². The molecule has 2 aliphatic rings. The van der Waals surface area contributed by atoms with Crippen molar-refractivity contribution in [2.75, 3.05) is 25.0 Å². The highest BCUT2D eigenvalue weighted by molar-refractivity contribution is 7.13. The van der Waals surface area contributed by atoms with Gasteiger partial charge >= 0.3 is 0 Å². The van der Waals surface area contributed by atoms with E-state index in [1.54, 1.807) is 11.3 Å². The second-order valence-electron chi connectivity index (χ2n) is 7.18.